The van der Waals surface area contributed by atoms with Crippen LogP contribution in [0.25, 0.3) is 0 Å². The van der Waals surface area contributed by atoms with E-state index in [9.17, 15) is 4.79 Å². The molecule has 0 radical (unpaired) electrons. The van der Waals surface area contributed by atoms with Gasteiger partial charge in [-0.05, 0) is 62.6 Å². The lowest BCUT2D eigenvalue weighted by molar-refractivity contribution is 0.0952. The maximum Gasteiger partial charge on any atom is 0.251 e. The third-order valence-electron chi connectivity index (χ3n) is 4.70. The largest absolute Gasteiger partial charge is 0.490 e. The molecule has 1 amide bonds. The molecule has 2 aromatic carbocycles. The van der Waals surface area contributed by atoms with Crippen molar-refractivity contribution in [1.29, 1.82) is 0 Å². The van der Waals surface area contributed by atoms with Crippen molar-refractivity contribution in [1.82, 2.24) is 15.5 Å². The van der Waals surface area contributed by atoms with Crippen LogP contribution in [0.5, 0.6) is 17.2 Å². The molecule has 0 aliphatic heterocycles. The summed E-state index contributed by atoms with van der Waals surface area (Å²) in [5.41, 5.74) is 2.78. The SMILES string of the molecule is CCOc1cc(C(=O)NCCCc2cn[nH]c2C)ccc1OCCOc1ccccc1. The van der Waals surface area contributed by atoms with Crippen LogP contribution in [0.2, 0.25) is 0 Å². The molecule has 0 atom stereocenters. The molecule has 0 aliphatic rings. The predicted molar refractivity (Wildman–Crippen MR) is 119 cm³/mol. The minimum absolute atomic E-state index is 0.135. The quantitative estimate of drug-likeness (QED) is 0.431. The summed E-state index contributed by atoms with van der Waals surface area (Å²) in [7, 11) is 0. The molecule has 0 aliphatic carbocycles. The molecule has 31 heavy (non-hydrogen) atoms. The lowest BCUT2D eigenvalue weighted by Crippen LogP contribution is -2.24. The number of ether oxygens (including phenoxy) is 3. The number of aromatic amines is 1. The first-order valence-electron chi connectivity index (χ1n) is 10.5. The number of carbonyl (C=O) groups excluding carboxylic acids is 1. The second-order valence-corrected chi connectivity index (χ2v) is 6.98. The number of nitrogens with zero attached hydrogens (tertiary/aromatic N) is 1. The van der Waals surface area contributed by atoms with Crippen molar-refractivity contribution in [3.05, 3.63) is 71.5 Å². The number of rotatable bonds is 12. The number of hydrogen-bond donors (Lipinski definition) is 2. The molecule has 2 N–H and O–H groups in total. The molecular weight excluding hydrogens is 394 g/mol. The van der Waals surface area contributed by atoms with Crippen LogP contribution < -0.4 is 19.5 Å². The average molecular weight is 424 g/mol. The molecule has 7 heteroatoms. The summed E-state index contributed by atoms with van der Waals surface area (Å²) in [5, 5.41) is 9.89. The van der Waals surface area contributed by atoms with Gasteiger partial charge in [0.1, 0.15) is 19.0 Å². The number of aromatic nitrogens is 2. The van der Waals surface area contributed by atoms with E-state index < -0.39 is 0 Å². The number of amides is 1. The maximum absolute atomic E-state index is 12.5. The topological polar surface area (TPSA) is 85.5 Å². The van der Waals surface area contributed by atoms with Gasteiger partial charge in [-0.1, -0.05) is 18.2 Å². The highest BCUT2D eigenvalue weighted by Gasteiger charge is 2.12. The van der Waals surface area contributed by atoms with Gasteiger partial charge in [-0.15, -0.1) is 0 Å². The molecular formula is C24H29N3O4. The number of aryl methyl sites for hydroxylation is 2. The van der Waals surface area contributed by atoms with Crippen molar-refractivity contribution >= 4 is 5.91 Å². The molecule has 3 aromatic rings. The van der Waals surface area contributed by atoms with Crippen molar-refractivity contribution < 1.29 is 19.0 Å². The average Bonchev–Trinajstić information content (AvgIpc) is 3.20. The minimum atomic E-state index is -0.135. The van der Waals surface area contributed by atoms with E-state index in [1.807, 2.05) is 50.4 Å². The Morgan fingerprint density at radius 3 is 2.58 bits per heavy atom. The monoisotopic (exact) mass is 423 g/mol. The van der Waals surface area contributed by atoms with Gasteiger partial charge in [0, 0.05) is 17.8 Å². The molecule has 0 saturated carbocycles. The highest BCUT2D eigenvalue weighted by atomic mass is 16.5. The molecule has 7 nitrogen and oxygen atoms in total. The molecule has 0 bridgehead atoms. The molecule has 0 saturated heterocycles. The molecule has 164 valence electrons. The molecule has 0 spiro atoms. The Bertz CT molecular complexity index is 956. The molecule has 1 aromatic heterocycles. The van der Waals surface area contributed by atoms with Gasteiger partial charge in [-0.2, -0.15) is 5.10 Å². The Kier molecular flexibility index (Phi) is 8.34. The zero-order chi connectivity index (χ0) is 21.9. The van der Waals surface area contributed by atoms with Gasteiger partial charge >= 0.3 is 0 Å². The molecule has 1 heterocycles. The molecule has 0 unspecified atom stereocenters. The highest BCUT2D eigenvalue weighted by Crippen LogP contribution is 2.28. The number of para-hydroxylation sites is 1. The lowest BCUT2D eigenvalue weighted by atomic mass is 10.1. The number of carbonyl (C=O) groups is 1. The fourth-order valence-corrected chi connectivity index (χ4v) is 3.08. The van der Waals surface area contributed by atoms with E-state index in [0.29, 0.717) is 43.4 Å². The normalized spacial score (nSPS) is 10.5. The Balaban J connectivity index is 1.48. The smallest absolute Gasteiger partial charge is 0.251 e. The molecule has 0 fully saturated rings. The van der Waals surface area contributed by atoms with Crippen LogP contribution in [0.1, 0.15) is 35.0 Å². The zero-order valence-electron chi connectivity index (χ0n) is 18.0. The summed E-state index contributed by atoms with van der Waals surface area (Å²) >= 11 is 0. The van der Waals surface area contributed by atoms with Gasteiger partial charge in [0.15, 0.2) is 11.5 Å². The Labute approximate surface area is 182 Å². The van der Waals surface area contributed by atoms with Crippen molar-refractivity contribution in [2.75, 3.05) is 26.4 Å². The van der Waals surface area contributed by atoms with Crippen LogP contribution in [0.15, 0.2) is 54.7 Å². The summed E-state index contributed by atoms with van der Waals surface area (Å²) in [6.45, 7) is 5.73. The van der Waals surface area contributed by atoms with Crippen molar-refractivity contribution in [3.8, 4) is 17.2 Å². The van der Waals surface area contributed by atoms with Crippen LogP contribution in [-0.4, -0.2) is 42.5 Å². The lowest BCUT2D eigenvalue weighted by Gasteiger charge is -2.14. The molecule has 3 rings (SSSR count). The van der Waals surface area contributed by atoms with E-state index in [1.165, 1.54) is 5.56 Å². The zero-order valence-corrected chi connectivity index (χ0v) is 18.0. The third-order valence-corrected chi connectivity index (χ3v) is 4.70. The van der Waals surface area contributed by atoms with Gasteiger partial charge in [-0.25, -0.2) is 0 Å². The number of H-pyrrole nitrogens is 1. The van der Waals surface area contributed by atoms with Gasteiger partial charge in [0.2, 0.25) is 0 Å². The van der Waals surface area contributed by atoms with Gasteiger partial charge in [0.05, 0.1) is 12.8 Å². The summed E-state index contributed by atoms with van der Waals surface area (Å²) in [6.07, 6.45) is 3.53. The first-order chi connectivity index (χ1) is 15.2. The summed E-state index contributed by atoms with van der Waals surface area (Å²) in [5.74, 6) is 1.80. The van der Waals surface area contributed by atoms with Crippen LogP contribution >= 0.6 is 0 Å². The van der Waals surface area contributed by atoms with Gasteiger partial charge in [0.25, 0.3) is 5.91 Å². The number of benzene rings is 2. The number of nitrogens with one attached hydrogen (secondary N) is 2. The fraction of sp³-hybridized carbons (Fsp3) is 0.333. The van der Waals surface area contributed by atoms with Crippen LogP contribution in [0.4, 0.5) is 0 Å². The van der Waals surface area contributed by atoms with Gasteiger partial charge in [-0.3, -0.25) is 9.89 Å². The Morgan fingerprint density at radius 2 is 1.84 bits per heavy atom. The second-order valence-electron chi connectivity index (χ2n) is 6.98. The summed E-state index contributed by atoms with van der Waals surface area (Å²) in [6, 6.07) is 14.8. The van der Waals surface area contributed by atoms with Crippen LogP contribution in [-0.2, 0) is 6.42 Å². The highest BCUT2D eigenvalue weighted by molar-refractivity contribution is 5.94. The standard InChI is InChI=1S/C24H29N3O4/c1-3-29-23-16-19(24(28)25-13-7-8-20-17-26-27-18(20)2)11-12-22(23)31-15-14-30-21-9-5-4-6-10-21/h4-6,9-12,16-17H,3,7-8,13-15H2,1-2H3,(H,25,28)(H,26,27). The summed E-state index contributed by atoms with van der Waals surface area (Å²) in [4.78, 5) is 12.5. The van der Waals surface area contributed by atoms with E-state index in [4.69, 9.17) is 14.2 Å². The van der Waals surface area contributed by atoms with E-state index in [-0.39, 0.29) is 5.91 Å². The first-order valence-corrected chi connectivity index (χ1v) is 10.5. The van der Waals surface area contributed by atoms with E-state index in [0.717, 1.165) is 24.3 Å². The second kappa shape index (κ2) is 11.6. The van der Waals surface area contributed by atoms with Crippen LogP contribution in [0.3, 0.4) is 0 Å². The van der Waals surface area contributed by atoms with Crippen molar-refractivity contribution in [3.63, 3.8) is 0 Å². The number of hydrogen-bond acceptors (Lipinski definition) is 5. The third kappa shape index (κ3) is 6.77. The van der Waals surface area contributed by atoms with Crippen LogP contribution in [0, 0.1) is 6.92 Å². The minimum Gasteiger partial charge on any atom is -0.490 e. The van der Waals surface area contributed by atoms with Gasteiger partial charge < -0.3 is 19.5 Å². The van der Waals surface area contributed by atoms with E-state index in [2.05, 4.69) is 15.5 Å². The Hall–Kier alpha value is -3.48. The van der Waals surface area contributed by atoms with E-state index >= 15 is 0 Å². The van der Waals surface area contributed by atoms with Crippen molar-refractivity contribution in [2.45, 2.75) is 26.7 Å². The fourth-order valence-electron chi connectivity index (χ4n) is 3.08. The predicted octanol–water partition coefficient (Wildman–Crippen LogP) is 3.94. The first kappa shape index (κ1) is 22.2. The Morgan fingerprint density at radius 1 is 1.03 bits per heavy atom. The maximum atomic E-state index is 12.5. The van der Waals surface area contributed by atoms with E-state index in [1.54, 1.807) is 18.2 Å². The summed E-state index contributed by atoms with van der Waals surface area (Å²) < 4.78 is 17.1. The van der Waals surface area contributed by atoms with Crippen molar-refractivity contribution in [2.24, 2.45) is 0 Å².